The largest absolute Gasteiger partial charge is 0.505 e. The minimum Gasteiger partial charge on any atom is -0.505 e. The molecule has 5 nitrogen and oxygen atoms in total. The summed E-state index contributed by atoms with van der Waals surface area (Å²) in [6.45, 7) is 1.09. The van der Waals surface area contributed by atoms with E-state index in [4.69, 9.17) is 4.74 Å². The Morgan fingerprint density at radius 1 is 1.21 bits per heavy atom. The molecule has 6 heteroatoms. The van der Waals surface area contributed by atoms with E-state index in [9.17, 15) is 9.50 Å². The zero-order valence-corrected chi connectivity index (χ0v) is 13.8. The van der Waals surface area contributed by atoms with E-state index >= 15 is 0 Å². The van der Waals surface area contributed by atoms with Gasteiger partial charge in [-0.2, -0.15) is 0 Å². The fourth-order valence-corrected chi connectivity index (χ4v) is 2.29. The van der Waals surface area contributed by atoms with Gasteiger partial charge in [-0.25, -0.2) is 4.39 Å². The quantitative estimate of drug-likeness (QED) is 0.562. The van der Waals surface area contributed by atoms with Gasteiger partial charge in [-0.3, -0.25) is 4.99 Å². The summed E-state index contributed by atoms with van der Waals surface area (Å²) >= 11 is 0. The molecule has 0 unspecified atom stereocenters. The molecule has 24 heavy (non-hydrogen) atoms. The van der Waals surface area contributed by atoms with Crippen LogP contribution in [0.2, 0.25) is 0 Å². The molecular weight excluding hydrogens is 309 g/mol. The minimum atomic E-state index is -0.631. The number of aromatic hydroxyl groups is 1. The van der Waals surface area contributed by atoms with Crippen LogP contribution in [0.5, 0.6) is 11.5 Å². The van der Waals surface area contributed by atoms with Gasteiger partial charge in [0.05, 0.1) is 7.11 Å². The van der Waals surface area contributed by atoms with Crippen LogP contribution in [0.15, 0.2) is 47.5 Å². The number of benzene rings is 2. The molecule has 128 valence electrons. The van der Waals surface area contributed by atoms with Crippen molar-refractivity contribution in [2.75, 3.05) is 20.7 Å². The smallest absolute Gasteiger partial charge is 0.191 e. The number of rotatable bonds is 6. The first-order valence-electron chi connectivity index (χ1n) is 7.68. The van der Waals surface area contributed by atoms with Crippen molar-refractivity contribution in [1.82, 2.24) is 10.6 Å². The number of guanidine groups is 1. The molecule has 0 amide bonds. The molecule has 0 atom stereocenters. The number of nitrogens with zero attached hydrogens (tertiary/aromatic N) is 1. The summed E-state index contributed by atoms with van der Waals surface area (Å²) in [5.41, 5.74) is 1.83. The molecule has 3 N–H and O–H groups in total. The molecule has 0 aliphatic rings. The maximum absolute atomic E-state index is 13.3. The van der Waals surface area contributed by atoms with Gasteiger partial charge in [0.25, 0.3) is 0 Å². The van der Waals surface area contributed by atoms with Crippen molar-refractivity contribution in [3.8, 4) is 11.5 Å². The highest BCUT2D eigenvalue weighted by Gasteiger charge is 2.04. The van der Waals surface area contributed by atoms with Gasteiger partial charge < -0.3 is 20.5 Å². The van der Waals surface area contributed by atoms with Crippen molar-refractivity contribution >= 4 is 5.96 Å². The normalized spacial score (nSPS) is 11.2. The SMILES string of the molecule is CN=C(NCCc1ccccc1OC)NCc1ccc(O)c(F)c1. The molecule has 0 bridgehead atoms. The zero-order chi connectivity index (χ0) is 17.4. The molecule has 0 fully saturated rings. The first-order valence-corrected chi connectivity index (χ1v) is 7.68. The molecule has 0 saturated heterocycles. The van der Waals surface area contributed by atoms with Crippen molar-refractivity contribution in [2.24, 2.45) is 4.99 Å². The van der Waals surface area contributed by atoms with E-state index in [1.807, 2.05) is 24.3 Å². The number of hydrogen-bond donors (Lipinski definition) is 3. The van der Waals surface area contributed by atoms with Crippen molar-refractivity contribution in [3.63, 3.8) is 0 Å². The van der Waals surface area contributed by atoms with Crippen LogP contribution < -0.4 is 15.4 Å². The summed E-state index contributed by atoms with van der Waals surface area (Å²) in [6, 6.07) is 12.2. The summed E-state index contributed by atoms with van der Waals surface area (Å²) in [7, 11) is 3.33. The molecule has 0 aliphatic heterocycles. The van der Waals surface area contributed by atoms with Crippen LogP contribution in [0.1, 0.15) is 11.1 Å². The lowest BCUT2D eigenvalue weighted by Crippen LogP contribution is -2.37. The van der Waals surface area contributed by atoms with Gasteiger partial charge in [-0.05, 0) is 35.7 Å². The highest BCUT2D eigenvalue weighted by molar-refractivity contribution is 5.79. The average molecular weight is 331 g/mol. The van der Waals surface area contributed by atoms with Crippen LogP contribution >= 0.6 is 0 Å². The Bertz CT molecular complexity index is 704. The summed E-state index contributed by atoms with van der Waals surface area (Å²) in [5.74, 6) is 0.506. The molecular formula is C18H22FN3O2. The third-order valence-corrected chi connectivity index (χ3v) is 3.57. The molecule has 0 aromatic heterocycles. The molecule has 2 aromatic rings. The standard InChI is InChI=1S/C18H22FN3O2/c1-20-18(22-12-13-7-8-16(23)15(19)11-13)21-10-9-14-5-3-4-6-17(14)24-2/h3-8,11,23H,9-10,12H2,1-2H3,(H2,20,21,22). The fraction of sp³-hybridized carbons (Fsp3) is 0.278. The third-order valence-electron chi connectivity index (χ3n) is 3.57. The van der Waals surface area contributed by atoms with Gasteiger partial charge >= 0.3 is 0 Å². The number of para-hydroxylation sites is 1. The Morgan fingerprint density at radius 3 is 2.71 bits per heavy atom. The molecule has 2 aromatic carbocycles. The van der Waals surface area contributed by atoms with Gasteiger partial charge in [-0.15, -0.1) is 0 Å². The lowest BCUT2D eigenvalue weighted by molar-refractivity contribution is 0.409. The highest BCUT2D eigenvalue weighted by atomic mass is 19.1. The second kappa shape index (κ2) is 8.76. The van der Waals surface area contributed by atoms with Crippen molar-refractivity contribution in [2.45, 2.75) is 13.0 Å². The monoisotopic (exact) mass is 331 g/mol. The molecule has 0 aliphatic carbocycles. The van der Waals surface area contributed by atoms with E-state index in [1.165, 1.54) is 12.1 Å². The van der Waals surface area contributed by atoms with E-state index in [-0.39, 0.29) is 5.75 Å². The fourth-order valence-electron chi connectivity index (χ4n) is 2.29. The number of hydrogen-bond acceptors (Lipinski definition) is 3. The minimum absolute atomic E-state index is 0.349. The van der Waals surface area contributed by atoms with E-state index < -0.39 is 5.82 Å². The van der Waals surface area contributed by atoms with Crippen LogP contribution in [-0.2, 0) is 13.0 Å². The molecule has 0 heterocycles. The van der Waals surface area contributed by atoms with Crippen LogP contribution in [-0.4, -0.2) is 31.8 Å². The molecule has 0 radical (unpaired) electrons. The van der Waals surface area contributed by atoms with Crippen molar-refractivity contribution < 1.29 is 14.2 Å². The Morgan fingerprint density at radius 2 is 2.00 bits per heavy atom. The van der Waals surface area contributed by atoms with Gasteiger partial charge in [0.1, 0.15) is 5.75 Å². The van der Waals surface area contributed by atoms with Gasteiger partial charge in [0.15, 0.2) is 17.5 Å². The topological polar surface area (TPSA) is 65.9 Å². The maximum Gasteiger partial charge on any atom is 0.191 e. The molecule has 2 rings (SSSR count). The van der Waals surface area contributed by atoms with E-state index in [0.717, 1.165) is 23.3 Å². The number of halogens is 1. The number of nitrogens with one attached hydrogen (secondary N) is 2. The summed E-state index contributed by atoms with van der Waals surface area (Å²) in [4.78, 5) is 4.14. The Balaban J connectivity index is 1.83. The summed E-state index contributed by atoms with van der Waals surface area (Å²) < 4.78 is 18.6. The van der Waals surface area contributed by atoms with E-state index in [0.29, 0.717) is 19.0 Å². The first-order chi connectivity index (χ1) is 11.6. The van der Waals surface area contributed by atoms with Gasteiger partial charge in [0.2, 0.25) is 0 Å². The zero-order valence-electron chi connectivity index (χ0n) is 13.8. The van der Waals surface area contributed by atoms with Crippen LogP contribution in [0.3, 0.4) is 0 Å². The van der Waals surface area contributed by atoms with Crippen LogP contribution in [0.25, 0.3) is 0 Å². The Kier molecular flexibility index (Phi) is 6.42. The second-order valence-electron chi connectivity index (χ2n) is 5.20. The number of phenols is 1. The van der Waals surface area contributed by atoms with Crippen LogP contribution in [0, 0.1) is 5.82 Å². The van der Waals surface area contributed by atoms with Crippen LogP contribution in [0.4, 0.5) is 4.39 Å². The Hall–Kier alpha value is -2.76. The third kappa shape index (κ3) is 4.87. The maximum atomic E-state index is 13.3. The number of phenolic OH excluding ortho intramolecular Hbond substituents is 1. The van der Waals surface area contributed by atoms with Crippen molar-refractivity contribution in [3.05, 3.63) is 59.4 Å². The van der Waals surface area contributed by atoms with E-state index in [1.54, 1.807) is 20.2 Å². The van der Waals surface area contributed by atoms with Gasteiger partial charge in [0, 0.05) is 20.1 Å². The lowest BCUT2D eigenvalue weighted by Gasteiger charge is -2.13. The Labute approximate surface area is 141 Å². The second-order valence-corrected chi connectivity index (χ2v) is 5.20. The predicted molar refractivity (Wildman–Crippen MR) is 93.0 cm³/mol. The summed E-state index contributed by atoms with van der Waals surface area (Å²) in [5, 5.41) is 15.5. The van der Waals surface area contributed by atoms with E-state index in [2.05, 4.69) is 15.6 Å². The predicted octanol–water partition coefficient (Wildman–Crippen LogP) is 2.45. The number of methoxy groups -OCH3 is 1. The average Bonchev–Trinajstić information content (AvgIpc) is 2.61. The molecule has 0 saturated carbocycles. The number of ether oxygens (including phenoxy) is 1. The first kappa shape index (κ1) is 17.6. The lowest BCUT2D eigenvalue weighted by atomic mass is 10.1. The van der Waals surface area contributed by atoms with Crippen molar-refractivity contribution in [1.29, 1.82) is 0 Å². The molecule has 0 spiro atoms. The summed E-state index contributed by atoms with van der Waals surface area (Å²) in [6.07, 6.45) is 0.790. The number of aliphatic imine (C=N–C) groups is 1. The van der Waals surface area contributed by atoms with Gasteiger partial charge in [-0.1, -0.05) is 24.3 Å². The highest BCUT2D eigenvalue weighted by Crippen LogP contribution is 2.17.